The molecule has 0 saturated carbocycles. The van der Waals surface area contributed by atoms with Gasteiger partial charge in [-0.25, -0.2) is 0 Å². The minimum absolute atomic E-state index is 0.0855. The Labute approximate surface area is 136 Å². The van der Waals surface area contributed by atoms with E-state index in [2.05, 4.69) is 0 Å². The number of nitriles is 1. The Morgan fingerprint density at radius 2 is 1.87 bits per heavy atom. The van der Waals surface area contributed by atoms with E-state index in [0.29, 0.717) is 22.6 Å². The summed E-state index contributed by atoms with van der Waals surface area (Å²) in [5.41, 5.74) is 3.08. The fourth-order valence-corrected chi connectivity index (χ4v) is 2.30. The van der Waals surface area contributed by atoms with Crippen LogP contribution in [0.5, 0.6) is 11.5 Å². The molecule has 0 N–H and O–H groups in total. The highest BCUT2D eigenvalue weighted by Gasteiger charge is 2.20. The van der Waals surface area contributed by atoms with E-state index in [1.807, 2.05) is 38.1 Å². The van der Waals surface area contributed by atoms with Gasteiger partial charge in [0, 0.05) is 11.6 Å². The lowest BCUT2D eigenvalue weighted by Crippen LogP contribution is -2.25. The van der Waals surface area contributed by atoms with E-state index in [1.165, 1.54) is 7.11 Å². The molecule has 118 valence electrons. The predicted molar refractivity (Wildman–Crippen MR) is 88.0 cm³/mol. The Bertz CT molecular complexity index is 775. The first kappa shape index (κ1) is 16.6. The van der Waals surface area contributed by atoms with Gasteiger partial charge in [-0.3, -0.25) is 4.79 Å². The zero-order valence-electron chi connectivity index (χ0n) is 13.7. The molecule has 0 spiro atoms. The smallest absolute Gasteiger partial charge is 0.203 e. The van der Waals surface area contributed by atoms with Crippen molar-refractivity contribution >= 4 is 5.78 Å². The number of rotatable bonds is 5. The summed E-state index contributed by atoms with van der Waals surface area (Å²) < 4.78 is 11.0. The molecule has 0 saturated heterocycles. The van der Waals surface area contributed by atoms with Gasteiger partial charge < -0.3 is 9.47 Å². The molecule has 0 heterocycles. The van der Waals surface area contributed by atoms with Gasteiger partial charge in [-0.05, 0) is 44.5 Å². The van der Waals surface area contributed by atoms with Gasteiger partial charge >= 0.3 is 0 Å². The van der Waals surface area contributed by atoms with Crippen LogP contribution in [0, 0.1) is 25.2 Å². The quantitative estimate of drug-likeness (QED) is 0.787. The van der Waals surface area contributed by atoms with Crippen LogP contribution in [0.3, 0.4) is 0 Å². The topological polar surface area (TPSA) is 59.3 Å². The van der Waals surface area contributed by atoms with Crippen LogP contribution in [-0.4, -0.2) is 19.0 Å². The molecule has 0 aliphatic rings. The van der Waals surface area contributed by atoms with Crippen molar-refractivity contribution in [3.8, 4) is 17.6 Å². The molecular weight excluding hydrogens is 290 g/mol. The highest BCUT2D eigenvalue weighted by molar-refractivity contribution is 6.00. The summed E-state index contributed by atoms with van der Waals surface area (Å²) in [6.07, 6.45) is -0.655. The summed E-state index contributed by atoms with van der Waals surface area (Å²) in [6.45, 7) is 5.56. The SMILES string of the molecule is COc1cc(C#N)ccc1O[C@@H](C)C(=O)c1cc(C)ccc1C. The normalized spacial score (nSPS) is 11.4. The minimum atomic E-state index is -0.655. The average Bonchev–Trinajstić information content (AvgIpc) is 2.56. The third kappa shape index (κ3) is 3.70. The molecule has 0 aromatic heterocycles. The number of carbonyl (C=O) groups is 1. The number of ether oxygens (including phenoxy) is 2. The standard InChI is InChI=1S/C19H19NO3/c1-12-5-6-13(2)16(9-12)19(21)14(3)23-17-8-7-15(11-20)10-18(17)22-4/h5-10,14H,1-4H3/t14-/m0/s1. The van der Waals surface area contributed by atoms with Gasteiger partial charge in [-0.15, -0.1) is 0 Å². The third-order valence-electron chi connectivity index (χ3n) is 3.62. The predicted octanol–water partition coefficient (Wildman–Crippen LogP) is 3.83. The summed E-state index contributed by atoms with van der Waals surface area (Å²) in [5.74, 6) is 0.792. The van der Waals surface area contributed by atoms with E-state index in [-0.39, 0.29) is 5.78 Å². The number of carbonyl (C=O) groups excluding carboxylic acids is 1. The number of nitrogens with zero attached hydrogens (tertiary/aromatic N) is 1. The molecule has 0 unspecified atom stereocenters. The lowest BCUT2D eigenvalue weighted by molar-refractivity contribution is 0.0813. The molecule has 0 radical (unpaired) electrons. The number of methoxy groups -OCH3 is 1. The number of ketones is 1. The van der Waals surface area contributed by atoms with Crippen molar-refractivity contribution in [3.63, 3.8) is 0 Å². The fraction of sp³-hybridized carbons (Fsp3) is 0.263. The minimum Gasteiger partial charge on any atom is -0.493 e. The van der Waals surface area contributed by atoms with Gasteiger partial charge in [0.25, 0.3) is 0 Å². The summed E-state index contributed by atoms with van der Waals surface area (Å²) in [7, 11) is 1.50. The highest BCUT2D eigenvalue weighted by atomic mass is 16.5. The summed E-state index contributed by atoms with van der Waals surface area (Å²) in [6, 6.07) is 12.7. The van der Waals surface area contributed by atoms with Crippen LogP contribution in [-0.2, 0) is 0 Å². The Kier molecular flexibility index (Phi) is 5.02. The van der Waals surface area contributed by atoms with Gasteiger partial charge in [0.05, 0.1) is 18.7 Å². The maximum absolute atomic E-state index is 12.6. The fourth-order valence-electron chi connectivity index (χ4n) is 2.30. The zero-order valence-corrected chi connectivity index (χ0v) is 13.7. The monoisotopic (exact) mass is 309 g/mol. The lowest BCUT2D eigenvalue weighted by Gasteiger charge is -2.17. The van der Waals surface area contributed by atoms with Crippen LogP contribution in [0.25, 0.3) is 0 Å². The Morgan fingerprint density at radius 3 is 2.52 bits per heavy atom. The summed E-state index contributed by atoms with van der Waals surface area (Å²) >= 11 is 0. The number of Topliss-reactive ketones (excluding diaryl/α,β-unsaturated/α-hetero) is 1. The molecular formula is C19H19NO3. The lowest BCUT2D eigenvalue weighted by atomic mass is 9.99. The Morgan fingerprint density at radius 1 is 1.13 bits per heavy atom. The van der Waals surface area contributed by atoms with E-state index in [4.69, 9.17) is 14.7 Å². The molecule has 2 aromatic rings. The van der Waals surface area contributed by atoms with Crippen LogP contribution in [0.4, 0.5) is 0 Å². The molecule has 4 heteroatoms. The molecule has 0 amide bonds. The molecule has 2 rings (SSSR count). The van der Waals surface area contributed by atoms with Gasteiger partial charge in [0.15, 0.2) is 17.6 Å². The van der Waals surface area contributed by atoms with Crippen LogP contribution in [0.2, 0.25) is 0 Å². The van der Waals surface area contributed by atoms with Crippen LogP contribution >= 0.6 is 0 Å². The molecule has 23 heavy (non-hydrogen) atoms. The number of aryl methyl sites for hydroxylation is 2. The molecule has 2 aromatic carbocycles. The van der Waals surface area contributed by atoms with Crippen molar-refractivity contribution < 1.29 is 14.3 Å². The van der Waals surface area contributed by atoms with Crippen molar-refractivity contribution in [1.29, 1.82) is 5.26 Å². The van der Waals surface area contributed by atoms with Crippen LogP contribution < -0.4 is 9.47 Å². The van der Waals surface area contributed by atoms with Crippen molar-refractivity contribution in [3.05, 3.63) is 58.7 Å². The first-order valence-electron chi connectivity index (χ1n) is 7.32. The highest BCUT2D eigenvalue weighted by Crippen LogP contribution is 2.29. The second-order valence-electron chi connectivity index (χ2n) is 5.42. The maximum Gasteiger partial charge on any atom is 0.203 e. The number of hydrogen-bond donors (Lipinski definition) is 0. The van der Waals surface area contributed by atoms with E-state index in [1.54, 1.807) is 25.1 Å². The van der Waals surface area contributed by atoms with E-state index in [9.17, 15) is 4.79 Å². The summed E-state index contributed by atoms with van der Waals surface area (Å²) in [4.78, 5) is 12.6. The number of benzene rings is 2. The van der Waals surface area contributed by atoms with Crippen molar-refractivity contribution in [1.82, 2.24) is 0 Å². The van der Waals surface area contributed by atoms with Gasteiger partial charge in [-0.2, -0.15) is 5.26 Å². The van der Waals surface area contributed by atoms with Crippen LogP contribution in [0.1, 0.15) is 34.0 Å². The average molecular weight is 309 g/mol. The van der Waals surface area contributed by atoms with Gasteiger partial charge in [-0.1, -0.05) is 17.7 Å². The zero-order chi connectivity index (χ0) is 17.0. The molecule has 1 atom stereocenters. The van der Waals surface area contributed by atoms with Crippen LogP contribution in [0.15, 0.2) is 36.4 Å². The molecule has 4 nitrogen and oxygen atoms in total. The first-order chi connectivity index (χ1) is 11.0. The van der Waals surface area contributed by atoms with Crippen molar-refractivity contribution in [2.45, 2.75) is 26.9 Å². The van der Waals surface area contributed by atoms with Crippen molar-refractivity contribution in [2.24, 2.45) is 0 Å². The molecule has 0 bridgehead atoms. The third-order valence-corrected chi connectivity index (χ3v) is 3.62. The molecule has 0 aliphatic heterocycles. The Balaban J connectivity index is 2.25. The van der Waals surface area contributed by atoms with Crippen molar-refractivity contribution in [2.75, 3.05) is 7.11 Å². The Hall–Kier alpha value is -2.80. The maximum atomic E-state index is 12.6. The largest absolute Gasteiger partial charge is 0.493 e. The van der Waals surface area contributed by atoms with E-state index < -0.39 is 6.10 Å². The first-order valence-corrected chi connectivity index (χ1v) is 7.32. The molecule has 0 fully saturated rings. The summed E-state index contributed by atoms with van der Waals surface area (Å²) in [5, 5.41) is 8.92. The van der Waals surface area contributed by atoms with E-state index in [0.717, 1.165) is 11.1 Å². The molecule has 0 aliphatic carbocycles. The van der Waals surface area contributed by atoms with Gasteiger partial charge in [0.2, 0.25) is 5.78 Å². The van der Waals surface area contributed by atoms with E-state index >= 15 is 0 Å². The van der Waals surface area contributed by atoms with Gasteiger partial charge in [0.1, 0.15) is 0 Å². The second kappa shape index (κ2) is 6.97. The number of hydrogen-bond acceptors (Lipinski definition) is 4. The second-order valence-corrected chi connectivity index (χ2v) is 5.42.